The SMILES string of the molecule is O=C1CCC(=O)N1c1nc2n(n1)[C@@H](c1ccccc1Cl)C=C(c1ccc(Br)cc1)N2. The minimum atomic E-state index is -0.359. The Morgan fingerprint density at radius 3 is 2.43 bits per heavy atom. The van der Waals surface area contributed by atoms with Crippen LogP contribution in [-0.2, 0) is 9.59 Å². The molecule has 0 spiro atoms. The molecule has 2 aromatic carbocycles. The normalized spacial score (nSPS) is 18.3. The second kappa shape index (κ2) is 7.37. The van der Waals surface area contributed by atoms with Crippen molar-refractivity contribution in [2.45, 2.75) is 18.9 Å². The number of rotatable bonds is 3. The number of aromatic nitrogens is 3. The van der Waals surface area contributed by atoms with Gasteiger partial charge in [0.25, 0.3) is 5.95 Å². The molecule has 2 amide bonds. The quantitative estimate of drug-likeness (QED) is 0.557. The number of halogens is 2. The fourth-order valence-corrected chi connectivity index (χ4v) is 4.12. The minimum Gasteiger partial charge on any atom is -0.324 e. The van der Waals surface area contributed by atoms with Crippen molar-refractivity contribution in [2.75, 3.05) is 10.2 Å². The molecule has 1 N–H and O–H groups in total. The monoisotopic (exact) mass is 483 g/mol. The van der Waals surface area contributed by atoms with Gasteiger partial charge in [-0.3, -0.25) is 9.59 Å². The molecule has 3 aromatic rings. The number of hydrogen-bond acceptors (Lipinski definition) is 5. The standard InChI is InChI=1S/C21H15BrClN5O2/c22-13-7-5-12(6-8-13)16-11-17(14-3-1-2-4-15(14)23)28-20(24-16)25-21(26-28)27-18(29)9-10-19(27)30/h1-8,11,17H,9-10H2,(H,24,25,26)/t17-/m1/s1. The minimum absolute atomic E-state index is 0.0764. The third-order valence-electron chi connectivity index (χ3n) is 5.09. The maximum atomic E-state index is 12.2. The van der Waals surface area contributed by atoms with Crippen molar-refractivity contribution in [3.8, 4) is 0 Å². The molecule has 1 saturated heterocycles. The summed E-state index contributed by atoms with van der Waals surface area (Å²) in [4.78, 5) is 29.9. The van der Waals surface area contributed by atoms with Gasteiger partial charge in [-0.2, -0.15) is 4.98 Å². The van der Waals surface area contributed by atoms with Gasteiger partial charge in [0.15, 0.2) is 0 Å². The van der Waals surface area contributed by atoms with Crippen LogP contribution in [0.25, 0.3) is 5.70 Å². The Bertz CT molecular complexity index is 1190. The van der Waals surface area contributed by atoms with Crippen molar-refractivity contribution in [1.29, 1.82) is 0 Å². The van der Waals surface area contributed by atoms with E-state index in [9.17, 15) is 9.59 Å². The average Bonchev–Trinajstić information content (AvgIpc) is 3.30. The smallest absolute Gasteiger partial charge is 0.260 e. The summed E-state index contributed by atoms with van der Waals surface area (Å²) in [6, 6.07) is 15.0. The van der Waals surface area contributed by atoms with E-state index < -0.39 is 0 Å². The number of fused-ring (bicyclic) bond motifs is 1. The summed E-state index contributed by atoms with van der Waals surface area (Å²) >= 11 is 9.94. The van der Waals surface area contributed by atoms with Crippen molar-refractivity contribution in [2.24, 2.45) is 0 Å². The van der Waals surface area contributed by atoms with E-state index in [-0.39, 0.29) is 36.6 Å². The predicted molar refractivity (Wildman–Crippen MR) is 117 cm³/mol. The van der Waals surface area contributed by atoms with Gasteiger partial charge in [-0.1, -0.05) is 57.9 Å². The van der Waals surface area contributed by atoms with Gasteiger partial charge in [-0.25, -0.2) is 9.58 Å². The van der Waals surface area contributed by atoms with Crippen LogP contribution in [0.1, 0.15) is 30.0 Å². The van der Waals surface area contributed by atoms with Crippen LogP contribution in [0, 0.1) is 0 Å². The summed E-state index contributed by atoms with van der Waals surface area (Å²) in [5.41, 5.74) is 2.63. The van der Waals surface area contributed by atoms with E-state index in [0.717, 1.165) is 26.2 Å². The Hall–Kier alpha value is -2.97. The topological polar surface area (TPSA) is 80.1 Å². The number of amides is 2. The van der Waals surface area contributed by atoms with Crippen molar-refractivity contribution in [3.63, 3.8) is 0 Å². The van der Waals surface area contributed by atoms with E-state index in [1.54, 1.807) is 4.68 Å². The van der Waals surface area contributed by atoms with Crippen LogP contribution in [0.15, 0.2) is 59.1 Å². The summed E-state index contributed by atoms with van der Waals surface area (Å²) < 4.78 is 2.62. The number of carbonyl (C=O) groups is 2. The lowest BCUT2D eigenvalue weighted by Crippen LogP contribution is -2.29. The number of benzene rings is 2. The van der Waals surface area contributed by atoms with Crippen LogP contribution < -0.4 is 10.2 Å². The number of hydrogen-bond donors (Lipinski definition) is 1. The zero-order valence-corrected chi connectivity index (χ0v) is 17.9. The lowest BCUT2D eigenvalue weighted by molar-refractivity contribution is -0.121. The molecular formula is C21H15BrClN5O2. The number of carbonyl (C=O) groups excluding carboxylic acids is 2. The lowest BCUT2D eigenvalue weighted by atomic mass is 10.0. The van der Waals surface area contributed by atoms with E-state index in [4.69, 9.17) is 11.6 Å². The van der Waals surface area contributed by atoms with Gasteiger partial charge in [-0.15, -0.1) is 5.10 Å². The van der Waals surface area contributed by atoms with Gasteiger partial charge < -0.3 is 5.32 Å². The maximum Gasteiger partial charge on any atom is 0.260 e. The summed E-state index contributed by atoms with van der Waals surface area (Å²) in [7, 11) is 0. The largest absolute Gasteiger partial charge is 0.324 e. The van der Waals surface area contributed by atoms with Crippen molar-refractivity contribution < 1.29 is 9.59 Å². The average molecular weight is 485 g/mol. The molecule has 1 atom stereocenters. The molecule has 0 radical (unpaired) electrons. The number of nitrogens with zero attached hydrogens (tertiary/aromatic N) is 4. The molecule has 0 aliphatic carbocycles. The first kappa shape index (κ1) is 19.0. The Balaban J connectivity index is 1.63. The molecule has 0 bridgehead atoms. The Morgan fingerprint density at radius 1 is 1.03 bits per heavy atom. The molecule has 2 aliphatic rings. The zero-order valence-electron chi connectivity index (χ0n) is 15.5. The number of anilines is 2. The Kier molecular flexibility index (Phi) is 4.67. The van der Waals surface area contributed by atoms with Crippen LogP contribution in [-0.4, -0.2) is 26.6 Å². The van der Waals surface area contributed by atoms with Crippen LogP contribution in [0.2, 0.25) is 5.02 Å². The van der Waals surface area contributed by atoms with Crippen molar-refractivity contribution in [1.82, 2.24) is 14.8 Å². The second-order valence-corrected chi connectivity index (χ2v) is 8.30. The maximum absolute atomic E-state index is 12.2. The molecule has 0 unspecified atom stereocenters. The third-order valence-corrected chi connectivity index (χ3v) is 5.96. The molecule has 0 saturated carbocycles. The van der Waals surface area contributed by atoms with Crippen LogP contribution in [0.5, 0.6) is 0 Å². The Morgan fingerprint density at radius 2 is 1.73 bits per heavy atom. The number of imide groups is 1. The highest BCUT2D eigenvalue weighted by Crippen LogP contribution is 2.37. The summed E-state index contributed by atoms with van der Waals surface area (Å²) in [6.07, 6.45) is 2.35. The van der Waals surface area contributed by atoms with E-state index >= 15 is 0 Å². The molecule has 2 aliphatic heterocycles. The number of nitrogens with one attached hydrogen (secondary N) is 1. The molecule has 5 rings (SSSR count). The summed E-state index contributed by atoms with van der Waals surface area (Å²) in [5, 5.41) is 8.35. The third kappa shape index (κ3) is 3.22. The van der Waals surface area contributed by atoms with E-state index in [2.05, 4.69) is 31.3 Å². The first-order valence-electron chi connectivity index (χ1n) is 9.33. The molecule has 1 fully saturated rings. The van der Waals surface area contributed by atoms with Crippen molar-refractivity contribution >= 4 is 56.9 Å². The number of allylic oxidation sites excluding steroid dienone is 1. The van der Waals surface area contributed by atoms with E-state index in [1.165, 1.54) is 0 Å². The summed E-state index contributed by atoms with van der Waals surface area (Å²) in [6.45, 7) is 0. The molecule has 1 aromatic heterocycles. The van der Waals surface area contributed by atoms with Gasteiger partial charge in [-0.05, 0) is 35.4 Å². The lowest BCUT2D eigenvalue weighted by Gasteiger charge is -2.25. The molecule has 150 valence electrons. The highest BCUT2D eigenvalue weighted by molar-refractivity contribution is 9.10. The predicted octanol–water partition coefficient (Wildman–Crippen LogP) is 4.40. The molecule has 3 heterocycles. The fraction of sp³-hybridized carbons (Fsp3) is 0.143. The first-order valence-corrected chi connectivity index (χ1v) is 10.5. The molecule has 7 nitrogen and oxygen atoms in total. The van der Waals surface area contributed by atoms with E-state index in [1.807, 2.05) is 54.6 Å². The van der Waals surface area contributed by atoms with Gasteiger partial charge in [0.1, 0.15) is 6.04 Å². The molecule has 9 heteroatoms. The van der Waals surface area contributed by atoms with Crippen LogP contribution in [0.3, 0.4) is 0 Å². The highest BCUT2D eigenvalue weighted by Gasteiger charge is 2.36. The van der Waals surface area contributed by atoms with Gasteiger partial charge in [0.05, 0.1) is 0 Å². The first-order chi connectivity index (χ1) is 14.5. The van der Waals surface area contributed by atoms with Gasteiger partial charge >= 0.3 is 0 Å². The van der Waals surface area contributed by atoms with Crippen LogP contribution >= 0.6 is 27.5 Å². The van der Waals surface area contributed by atoms with Crippen molar-refractivity contribution in [3.05, 3.63) is 75.2 Å². The molecule has 30 heavy (non-hydrogen) atoms. The zero-order chi connectivity index (χ0) is 20.8. The van der Waals surface area contributed by atoms with Gasteiger partial charge in [0.2, 0.25) is 17.8 Å². The van der Waals surface area contributed by atoms with Gasteiger partial charge in [0, 0.05) is 28.0 Å². The van der Waals surface area contributed by atoms with E-state index in [0.29, 0.717) is 11.0 Å². The molecular weight excluding hydrogens is 470 g/mol. The summed E-state index contributed by atoms with van der Waals surface area (Å²) in [5.74, 6) is -0.0768. The fourth-order valence-electron chi connectivity index (χ4n) is 3.61. The highest BCUT2D eigenvalue weighted by atomic mass is 79.9. The Labute approximate surface area is 185 Å². The van der Waals surface area contributed by atoms with Crippen LogP contribution in [0.4, 0.5) is 11.9 Å². The second-order valence-electron chi connectivity index (χ2n) is 6.98.